The molecule has 0 saturated carbocycles. The quantitative estimate of drug-likeness (QED) is 0.334. The van der Waals surface area contributed by atoms with Crippen molar-refractivity contribution in [2.45, 2.75) is 18.3 Å². The van der Waals surface area contributed by atoms with Gasteiger partial charge < -0.3 is 20.1 Å². The van der Waals surface area contributed by atoms with E-state index in [0.717, 1.165) is 0 Å². The molecule has 1 aliphatic rings. The van der Waals surface area contributed by atoms with Gasteiger partial charge in [0.15, 0.2) is 6.10 Å². The molecular formula is C5H8O5. The fraction of sp³-hybridized carbons (Fsp3) is 0.800. The van der Waals surface area contributed by atoms with Crippen molar-refractivity contribution in [2.75, 3.05) is 6.61 Å². The van der Waals surface area contributed by atoms with E-state index in [1.165, 1.54) is 0 Å². The number of ether oxygens (including phenoxy) is 1. The molecule has 0 aromatic carbocycles. The maximum absolute atomic E-state index is 10.4. The molecule has 5 nitrogen and oxygen atoms in total. The maximum atomic E-state index is 10.4. The molecular weight excluding hydrogens is 140 g/mol. The van der Waals surface area contributed by atoms with Crippen molar-refractivity contribution in [3.05, 3.63) is 0 Å². The molecule has 1 aliphatic heterocycles. The maximum Gasteiger partial charge on any atom is 0.337 e. The Bertz CT molecular complexity index is 145. The van der Waals surface area contributed by atoms with Crippen molar-refractivity contribution in [1.82, 2.24) is 0 Å². The largest absolute Gasteiger partial charge is 0.461 e. The molecule has 0 spiro atoms. The van der Waals surface area contributed by atoms with Gasteiger partial charge in [-0.2, -0.15) is 0 Å². The van der Waals surface area contributed by atoms with E-state index in [0.29, 0.717) is 0 Å². The number of carbonyl (C=O) groups excluding carboxylic acids is 1. The average Bonchev–Trinajstić information content (AvgIpc) is 1.93. The van der Waals surface area contributed by atoms with Crippen LogP contribution in [0.15, 0.2) is 0 Å². The minimum atomic E-state index is -1.61. The lowest BCUT2D eigenvalue weighted by Crippen LogP contribution is -2.50. The Labute approximate surface area is 56.9 Å². The van der Waals surface area contributed by atoms with E-state index >= 15 is 0 Å². The van der Waals surface area contributed by atoms with Crippen molar-refractivity contribution >= 4 is 5.97 Å². The summed E-state index contributed by atoms with van der Waals surface area (Å²) in [6.07, 6.45) is -4.20. The molecule has 1 rings (SSSR count). The summed E-state index contributed by atoms with van der Waals surface area (Å²) in [5.74, 6) is -0.891. The normalized spacial score (nSPS) is 41.1. The van der Waals surface area contributed by atoms with Crippen LogP contribution in [0.5, 0.6) is 0 Å². The van der Waals surface area contributed by atoms with Crippen LogP contribution < -0.4 is 0 Å². The highest BCUT2D eigenvalue weighted by Crippen LogP contribution is 2.08. The third kappa shape index (κ3) is 1.11. The summed E-state index contributed by atoms with van der Waals surface area (Å²) in [5, 5.41) is 26.3. The lowest BCUT2D eigenvalue weighted by molar-refractivity contribution is -0.185. The first-order valence-electron chi connectivity index (χ1n) is 2.84. The minimum absolute atomic E-state index is 0.253. The number of carbonyl (C=O) groups is 1. The Morgan fingerprint density at radius 1 is 1.40 bits per heavy atom. The summed E-state index contributed by atoms with van der Waals surface area (Å²) in [7, 11) is 0. The number of hydrogen-bond donors (Lipinski definition) is 3. The molecule has 0 aromatic rings. The molecule has 1 saturated heterocycles. The Morgan fingerprint density at radius 3 is 2.50 bits per heavy atom. The van der Waals surface area contributed by atoms with Gasteiger partial charge in [-0.05, 0) is 0 Å². The van der Waals surface area contributed by atoms with Crippen LogP contribution in [0.25, 0.3) is 0 Å². The zero-order chi connectivity index (χ0) is 7.72. The van der Waals surface area contributed by atoms with Gasteiger partial charge in [-0.25, -0.2) is 4.79 Å². The van der Waals surface area contributed by atoms with Gasteiger partial charge in [0.1, 0.15) is 18.8 Å². The zero-order valence-corrected chi connectivity index (χ0v) is 5.10. The van der Waals surface area contributed by atoms with Crippen molar-refractivity contribution in [3.8, 4) is 0 Å². The average molecular weight is 148 g/mol. The summed E-state index contributed by atoms with van der Waals surface area (Å²) in [4.78, 5) is 10.4. The summed E-state index contributed by atoms with van der Waals surface area (Å²) in [5.41, 5.74) is 0. The lowest BCUT2D eigenvalue weighted by Gasteiger charge is -2.26. The van der Waals surface area contributed by atoms with Gasteiger partial charge in [-0.1, -0.05) is 0 Å². The number of esters is 1. The molecule has 0 radical (unpaired) electrons. The standard InChI is InChI=1S/C5H8O5/c6-2-1-10-5(9)4(8)3(2)7/h2-4,6-8H,1H2/t2-,3-,4-/m1/s1. The molecule has 0 aliphatic carbocycles. The Hall–Kier alpha value is -0.650. The summed E-state index contributed by atoms with van der Waals surface area (Å²) >= 11 is 0. The third-order valence-corrected chi connectivity index (χ3v) is 1.36. The predicted octanol–water partition coefficient (Wildman–Crippen LogP) is -2.37. The van der Waals surface area contributed by atoms with Gasteiger partial charge in [-0.3, -0.25) is 0 Å². The molecule has 0 amide bonds. The summed E-state index contributed by atoms with van der Waals surface area (Å²) in [6, 6.07) is 0. The fourth-order valence-corrected chi connectivity index (χ4v) is 0.701. The highest BCUT2D eigenvalue weighted by molar-refractivity contribution is 5.76. The fourth-order valence-electron chi connectivity index (χ4n) is 0.701. The summed E-state index contributed by atoms with van der Waals surface area (Å²) in [6.45, 7) is -0.253. The predicted molar refractivity (Wildman–Crippen MR) is 29.0 cm³/mol. The highest BCUT2D eigenvalue weighted by atomic mass is 16.6. The van der Waals surface area contributed by atoms with Gasteiger partial charge in [0.05, 0.1) is 0 Å². The van der Waals surface area contributed by atoms with E-state index in [2.05, 4.69) is 4.74 Å². The molecule has 0 bridgehead atoms. The second kappa shape index (κ2) is 2.53. The van der Waals surface area contributed by atoms with Crippen LogP contribution in [0.4, 0.5) is 0 Å². The van der Waals surface area contributed by atoms with E-state index in [4.69, 9.17) is 15.3 Å². The number of aliphatic hydroxyl groups excluding tert-OH is 3. The van der Waals surface area contributed by atoms with Crippen molar-refractivity contribution in [2.24, 2.45) is 0 Å². The monoisotopic (exact) mass is 148 g/mol. The van der Waals surface area contributed by atoms with E-state index < -0.39 is 24.3 Å². The number of cyclic esters (lactones) is 1. The molecule has 1 fully saturated rings. The van der Waals surface area contributed by atoms with Gasteiger partial charge in [0.2, 0.25) is 0 Å². The summed E-state index contributed by atoms with van der Waals surface area (Å²) < 4.78 is 4.27. The third-order valence-electron chi connectivity index (χ3n) is 1.36. The SMILES string of the molecule is O=C1OC[C@@H](O)[C@@H](O)[C@H]1O. The topological polar surface area (TPSA) is 87.0 Å². The first kappa shape index (κ1) is 7.46. The zero-order valence-electron chi connectivity index (χ0n) is 5.10. The van der Waals surface area contributed by atoms with Crippen LogP contribution >= 0.6 is 0 Å². The van der Waals surface area contributed by atoms with Crippen LogP contribution in [0.1, 0.15) is 0 Å². The molecule has 10 heavy (non-hydrogen) atoms. The van der Waals surface area contributed by atoms with Crippen LogP contribution in [-0.4, -0.2) is 46.2 Å². The van der Waals surface area contributed by atoms with E-state index in [-0.39, 0.29) is 6.61 Å². The van der Waals surface area contributed by atoms with Gasteiger partial charge in [0, 0.05) is 0 Å². The molecule has 0 aromatic heterocycles. The second-order valence-corrected chi connectivity index (χ2v) is 2.13. The first-order valence-corrected chi connectivity index (χ1v) is 2.84. The first-order chi connectivity index (χ1) is 4.63. The number of rotatable bonds is 0. The van der Waals surface area contributed by atoms with Crippen LogP contribution in [0, 0.1) is 0 Å². The van der Waals surface area contributed by atoms with E-state index in [9.17, 15) is 4.79 Å². The van der Waals surface area contributed by atoms with Gasteiger partial charge >= 0.3 is 5.97 Å². The van der Waals surface area contributed by atoms with Crippen LogP contribution in [0.3, 0.4) is 0 Å². The van der Waals surface area contributed by atoms with Crippen LogP contribution in [-0.2, 0) is 9.53 Å². The van der Waals surface area contributed by atoms with E-state index in [1.807, 2.05) is 0 Å². The van der Waals surface area contributed by atoms with Gasteiger partial charge in [-0.15, -0.1) is 0 Å². The molecule has 1 heterocycles. The minimum Gasteiger partial charge on any atom is -0.461 e. The second-order valence-electron chi connectivity index (χ2n) is 2.13. The Morgan fingerprint density at radius 2 is 2.00 bits per heavy atom. The molecule has 0 unspecified atom stereocenters. The molecule has 3 atom stereocenters. The Kier molecular flexibility index (Phi) is 1.89. The van der Waals surface area contributed by atoms with Gasteiger partial charge in [0.25, 0.3) is 0 Å². The molecule has 3 N–H and O–H groups in total. The Balaban J connectivity index is 2.60. The van der Waals surface area contributed by atoms with Crippen molar-refractivity contribution in [3.63, 3.8) is 0 Å². The number of aliphatic hydroxyl groups is 3. The molecule has 5 heteroatoms. The van der Waals surface area contributed by atoms with Crippen molar-refractivity contribution in [1.29, 1.82) is 0 Å². The highest BCUT2D eigenvalue weighted by Gasteiger charge is 2.36. The van der Waals surface area contributed by atoms with Crippen LogP contribution in [0.2, 0.25) is 0 Å². The smallest absolute Gasteiger partial charge is 0.337 e. The number of hydrogen-bond acceptors (Lipinski definition) is 5. The van der Waals surface area contributed by atoms with Crippen molar-refractivity contribution < 1.29 is 24.9 Å². The van der Waals surface area contributed by atoms with E-state index in [1.54, 1.807) is 0 Å². The molecule has 58 valence electrons. The lowest BCUT2D eigenvalue weighted by atomic mass is 10.1.